The summed E-state index contributed by atoms with van der Waals surface area (Å²) in [6.07, 6.45) is 3.64. The van der Waals surface area contributed by atoms with Crippen molar-refractivity contribution in [1.29, 1.82) is 0 Å². The molecule has 13 heavy (non-hydrogen) atoms. The molecule has 1 fully saturated rings. The lowest BCUT2D eigenvalue weighted by Gasteiger charge is -2.14. The Labute approximate surface area is 79.0 Å². The molecule has 0 aromatic rings. The minimum absolute atomic E-state index is 0.432. The Morgan fingerprint density at radius 1 is 1.62 bits per heavy atom. The molecule has 4 nitrogen and oxygen atoms in total. The van der Waals surface area contributed by atoms with E-state index >= 15 is 0 Å². The quantitative estimate of drug-likeness (QED) is 0.556. The number of nitrogens with two attached hydrogens (primary N) is 2. The van der Waals surface area contributed by atoms with Gasteiger partial charge in [0.1, 0.15) is 0 Å². The molecule has 0 aromatic heterocycles. The van der Waals surface area contributed by atoms with Crippen molar-refractivity contribution in [2.75, 3.05) is 6.54 Å². The molecule has 1 rings (SSSR count). The first-order valence-electron chi connectivity index (χ1n) is 4.88. The van der Waals surface area contributed by atoms with Crippen molar-refractivity contribution < 1.29 is 4.79 Å². The molecular weight excluding hydrogens is 166 g/mol. The van der Waals surface area contributed by atoms with Crippen molar-refractivity contribution in [3.8, 4) is 0 Å². The summed E-state index contributed by atoms with van der Waals surface area (Å²) in [5.41, 5.74) is 10.5. The number of rotatable bonds is 4. The maximum Gasteiger partial charge on any atom is 0.235 e. The van der Waals surface area contributed by atoms with Gasteiger partial charge in [-0.2, -0.15) is 0 Å². The molecule has 5 N–H and O–H groups in total. The molecule has 3 unspecified atom stereocenters. The molecule has 0 spiro atoms. The first kappa shape index (κ1) is 10.5. The van der Waals surface area contributed by atoms with Crippen LogP contribution >= 0.6 is 0 Å². The first-order valence-corrected chi connectivity index (χ1v) is 4.88. The van der Waals surface area contributed by atoms with Crippen molar-refractivity contribution in [1.82, 2.24) is 5.32 Å². The van der Waals surface area contributed by atoms with Crippen LogP contribution in [0.25, 0.3) is 0 Å². The highest BCUT2D eigenvalue weighted by Crippen LogP contribution is 2.24. The Morgan fingerprint density at radius 2 is 2.31 bits per heavy atom. The van der Waals surface area contributed by atoms with Gasteiger partial charge in [-0.3, -0.25) is 4.79 Å². The van der Waals surface area contributed by atoms with Crippen LogP contribution in [0.15, 0.2) is 0 Å². The minimum atomic E-state index is -0.545. The molecule has 1 aliphatic rings. The second kappa shape index (κ2) is 4.58. The summed E-state index contributed by atoms with van der Waals surface area (Å²) in [5, 5.41) is 3.27. The van der Waals surface area contributed by atoms with Gasteiger partial charge >= 0.3 is 0 Å². The molecule has 0 saturated heterocycles. The zero-order chi connectivity index (χ0) is 9.84. The maximum absolute atomic E-state index is 10.6. The van der Waals surface area contributed by atoms with Gasteiger partial charge in [0.2, 0.25) is 5.91 Å². The summed E-state index contributed by atoms with van der Waals surface area (Å²) in [6.45, 7) is 2.75. The summed E-state index contributed by atoms with van der Waals surface area (Å²) < 4.78 is 0. The lowest BCUT2D eigenvalue weighted by atomic mass is 10.1. The van der Waals surface area contributed by atoms with Crippen LogP contribution in [0, 0.1) is 5.92 Å². The average molecular weight is 185 g/mol. The fourth-order valence-electron chi connectivity index (χ4n) is 1.79. The highest BCUT2D eigenvalue weighted by atomic mass is 16.1. The van der Waals surface area contributed by atoms with Gasteiger partial charge in [-0.1, -0.05) is 6.92 Å². The lowest BCUT2D eigenvalue weighted by molar-refractivity contribution is -0.119. The third kappa shape index (κ3) is 3.32. The third-order valence-electron chi connectivity index (χ3n) is 2.69. The topological polar surface area (TPSA) is 81.1 Å². The molecule has 4 heteroatoms. The Bertz CT molecular complexity index is 184. The monoisotopic (exact) mass is 185 g/mol. The number of carbonyl (C=O) groups is 1. The molecule has 3 atom stereocenters. The smallest absolute Gasteiger partial charge is 0.235 e. The molecular formula is C9H19N3O. The highest BCUT2D eigenvalue weighted by Gasteiger charge is 2.21. The van der Waals surface area contributed by atoms with Gasteiger partial charge in [0.05, 0.1) is 6.04 Å². The molecule has 0 bridgehead atoms. The SMILES string of the molecule is CC1CCC(NCC(N)C(N)=O)C1. The summed E-state index contributed by atoms with van der Waals surface area (Å²) >= 11 is 0. The van der Waals surface area contributed by atoms with Gasteiger partial charge < -0.3 is 16.8 Å². The maximum atomic E-state index is 10.6. The van der Waals surface area contributed by atoms with E-state index in [4.69, 9.17) is 11.5 Å². The summed E-state index contributed by atoms with van der Waals surface area (Å²) in [7, 11) is 0. The Hall–Kier alpha value is -0.610. The second-order valence-electron chi connectivity index (χ2n) is 4.03. The number of nitrogens with one attached hydrogen (secondary N) is 1. The van der Waals surface area contributed by atoms with Gasteiger partial charge in [0.15, 0.2) is 0 Å². The molecule has 0 radical (unpaired) electrons. The van der Waals surface area contributed by atoms with Crippen LogP contribution in [0.4, 0.5) is 0 Å². The van der Waals surface area contributed by atoms with E-state index in [1.807, 2.05) is 0 Å². The third-order valence-corrected chi connectivity index (χ3v) is 2.69. The van der Waals surface area contributed by atoms with Crippen molar-refractivity contribution in [3.63, 3.8) is 0 Å². The van der Waals surface area contributed by atoms with Crippen LogP contribution in [0.1, 0.15) is 26.2 Å². The summed E-state index contributed by atoms with van der Waals surface area (Å²) in [4.78, 5) is 10.6. The molecule has 0 aliphatic heterocycles. The normalized spacial score (nSPS) is 30.3. The zero-order valence-electron chi connectivity index (χ0n) is 8.12. The Kier molecular flexibility index (Phi) is 3.69. The largest absolute Gasteiger partial charge is 0.368 e. The molecule has 76 valence electrons. The predicted octanol–water partition coefficient (Wildman–Crippen LogP) is -0.423. The number of hydrogen-bond acceptors (Lipinski definition) is 3. The summed E-state index contributed by atoms with van der Waals surface area (Å²) in [6, 6.07) is -0.0173. The van der Waals surface area contributed by atoms with E-state index < -0.39 is 11.9 Å². The van der Waals surface area contributed by atoms with Crippen LogP contribution in [0.5, 0.6) is 0 Å². The minimum Gasteiger partial charge on any atom is -0.368 e. The van der Waals surface area contributed by atoms with E-state index in [2.05, 4.69) is 12.2 Å². The summed E-state index contributed by atoms with van der Waals surface area (Å²) in [5.74, 6) is 0.362. The van der Waals surface area contributed by atoms with Crippen LogP contribution in [-0.4, -0.2) is 24.5 Å². The molecule has 1 saturated carbocycles. The second-order valence-corrected chi connectivity index (χ2v) is 4.03. The van der Waals surface area contributed by atoms with Gasteiger partial charge in [-0.15, -0.1) is 0 Å². The first-order chi connectivity index (χ1) is 6.09. The Balaban J connectivity index is 2.16. The Morgan fingerprint density at radius 3 is 2.77 bits per heavy atom. The number of hydrogen-bond donors (Lipinski definition) is 3. The highest BCUT2D eigenvalue weighted by molar-refractivity contribution is 5.79. The number of amides is 1. The van der Waals surface area contributed by atoms with Crippen molar-refractivity contribution >= 4 is 5.91 Å². The molecule has 1 amide bonds. The fourth-order valence-corrected chi connectivity index (χ4v) is 1.79. The fraction of sp³-hybridized carbons (Fsp3) is 0.889. The average Bonchev–Trinajstić information content (AvgIpc) is 2.47. The van der Waals surface area contributed by atoms with Crippen LogP contribution in [0.2, 0.25) is 0 Å². The van der Waals surface area contributed by atoms with Gasteiger partial charge in [-0.05, 0) is 25.2 Å². The van der Waals surface area contributed by atoms with E-state index in [1.165, 1.54) is 19.3 Å². The van der Waals surface area contributed by atoms with Crippen LogP contribution in [-0.2, 0) is 4.79 Å². The van der Waals surface area contributed by atoms with Crippen molar-refractivity contribution in [3.05, 3.63) is 0 Å². The molecule has 0 aromatic carbocycles. The van der Waals surface area contributed by atoms with Gasteiger partial charge in [0, 0.05) is 12.6 Å². The molecule has 1 aliphatic carbocycles. The van der Waals surface area contributed by atoms with E-state index in [0.717, 1.165) is 5.92 Å². The van der Waals surface area contributed by atoms with Crippen molar-refractivity contribution in [2.45, 2.75) is 38.3 Å². The van der Waals surface area contributed by atoms with Crippen LogP contribution < -0.4 is 16.8 Å². The van der Waals surface area contributed by atoms with Gasteiger partial charge in [-0.25, -0.2) is 0 Å². The standard InChI is InChI=1S/C9H19N3O/c1-6-2-3-7(4-6)12-5-8(10)9(11)13/h6-8,12H,2-5,10H2,1H3,(H2,11,13). The molecule has 0 heterocycles. The van der Waals surface area contributed by atoms with E-state index in [0.29, 0.717) is 12.6 Å². The van der Waals surface area contributed by atoms with E-state index in [-0.39, 0.29) is 0 Å². The number of primary amides is 1. The predicted molar refractivity (Wildman–Crippen MR) is 52.0 cm³/mol. The van der Waals surface area contributed by atoms with E-state index in [1.54, 1.807) is 0 Å². The number of carbonyl (C=O) groups excluding carboxylic acids is 1. The lowest BCUT2D eigenvalue weighted by Crippen LogP contribution is -2.46. The van der Waals surface area contributed by atoms with E-state index in [9.17, 15) is 4.79 Å². The van der Waals surface area contributed by atoms with Crippen LogP contribution in [0.3, 0.4) is 0 Å². The van der Waals surface area contributed by atoms with Crippen molar-refractivity contribution in [2.24, 2.45) is 17.4 Å². The zero-order valence-corrected chi connectivity index (χ0v) is 8.12. The van der Waals surface area contributed by atoms with Gasteiger partial charge in [0.25, 0.3) is 0 Å².